The minimum atomic E-state index is -0.0101. The zero-order valence-corrected chi connectivity index (χ0v) is 15.8. The van der Waals surface area contributed by atoms with E-state index in [0.29, 0.717) is 6.42 Å². The fourth-order valence-electron chi connectivity index (χ4n) is 4.02. The van der Waals surface area contributed by atoms with Gasteiger partial charge >= 0.3 is 0 Å². The molecule has 1 amide bonds. The van der Waals surface area contributed by atoms with Gasteiger partial charge in [0.05, 0.1) is 18.7 Å². The van der Waals surface area contributed by atoms with Gasteiger partial charge in [0.2, 0.25) is 5.91 Å². The van der Waals surface area contributed by atoms with Crippen molar-refractivity contribution < 1.29 is 9.53 Å². The highest BCUT2D eigenvalue weighted by Gasteiger charge is 2.15. The molecule has 0 atom stereocenters. The van der Waals surface area contributed by atoms with Crippen molar-refractivity contribution in [2.45, 2.75) is 38.6 Å². The Kier molecular flexibility index (Phi) is 4.35. The zero-order valence-electron chi connectivity index (χ0n) is 15.8. The van der Waals surface area contributed by atoms with Crippen LogP contribution >= 0.6 is 0 Å². The van der Waals surface area contributed by atoms with Crippen LogP contribution < -0.4 is 10.1 Å². The summed E-state index contributed by atoms with van der Waals surface area (Å²) >= 11 is 0. The van der Waals surface area contributed by atoms with Gasteiger partial charge in [-0.15, -0.1) is 0 Å². The second-order valence-corrected chi connectivity index (χ2v) is 7.54. The number of nitrogens with zero attached hydrogens (tertiary/aromatic N) is 2. The van der Waals surface area contributed by atoms with Gasteiger partial charge in [-0.2, -0.15) is 0 Å². The lowest BCUT2D eigenvalue weighted by molar-refractivity contribution is -0.115. The number of nitrogens with one attached hydrogen (secondary N) is 1. The Hall–Kier alpha value is -3.08. The third-order valence-corrected chi connectivity index (χ3v) is 5.49. The predicted octanol–water partition coefficient (Wildman–Crippen LogP) is 4.00. The summed E-state index contributed by atoms with van der Waals surface area (Å²) in [6, 6.07) is 13.9. The van der Waals surface area contributed by atoms with Crippen LogP contribution in [0.5, 0.6) is 5.75 Å². The molecule has 2 aliphatic heterocycles. The van der Waals surface area contributed by atoms with E-state index in [2.05, 4.69) is 22.1 Å². The molecule has 142 valence electrons. The lowest BCUT2D eigenvalue weighted by atomic mass is 10.1. The predicted molar refractivity (Wildman–Crippen MR) is 109 cm³/mol. The van der Waals surface area contributed by atoms with Gasteiger partial charge in [-0.3, -0.25) is 4.79 Å². The third-order valence-electron chi connectivity index (χ3n) is 5.49. The number of hydrogen-bond donors (Lipinski definition) is 1. The van der Waals surface area contributed by atoms with Crippen LogP contribution in [0.1, 0.15) is 29.8 Å². The number of rotatable bonds is 4. The number of benzene rings is 2. The summed E-state index contributed by atoms with van der Waals surface area (Å²) in [5.41, 5.74) is 5.11. The van der Waals surface area contributed by atoms with Crippen molar-refractivity contribution in [3.8, 4) is 17.0 Å². The van der Waals surface area contributed by atoms with Gasteiger partial charge in [-0.05, 0) is 42.2 Å². The van der Waals surface area contributed by atoms with Crippen LogP contribution in [0.3, 0.4) is 0 Å². The average Bonchev–Trinajstić information content (AvgIpc) is 3.34. The van der Waals surface area contributed by atoms with Crippen molar-refractivity contribution in [3.05, 3.63) is 65.6 Å². The van der Waals surface area contributed by atoms with Crippen molar-refractivity contribution in [2.24, 2.45) is 0 Å². The first-order valence-electron chi connectivity index (χ1n) is 9.95. The Balaban J connectivity index is 1.24. The molecule has 0 radical (unpaired) electrons. The molecule has 28 heavy (non-hydrogen) atoms. The summed E-state index contributed by atoms with van der Waals surface area (Å²) in [7, 11) is 0. The molecule has 0 saturated heterocycles. The highest BCUT2D eigenvalue weighted by atomic mass is 16.5. The van der Waals surface area contributed by atoms with E-state index in [1.807, 2.05) is 36.4 Å². The molecular weight excluding hydrogens is 350 g/mol. The number of imidazole rings is 1. The molecule has 5 rings (SSSR count). The summed E-state index contributed by atoms with van der Waals surface area (Å²) in [5.74, 6) is 2.11. The molecule has 0 fully saturated rings. The van der Waals surface area contributed by atoms with Gasteiger partial charge in [0.15, 0.2) is 0 Å². The molecule has 0 unspecified atom stereocenters. The van der Waals surface area contributed by atoms with E-state index in [1.165, 1.54) is 24.2 Å². The van der Waals surface area contributed by atoms with Gasteiger partial charge < -0.3 is 14.6 Å². The number of anilines is 1. The first-order chi connectivity index (χ1) is 13.7. The van der Waals surface area contributed by atoms with E-state index in [9.17, 15) is 4.79 Å². The first kappa shape index (κ1) is 17.0. The number of aromatic nitrogens is 2. The fraction of sp³-hybridized carbons (Fsp3) is 0.304. The minimum Gasteiger partial charge on any atom is -0.493 e. The average molecular weight is 373 g/mol. The van der Waals surface area contributed by atoms with Gasteiger partial charge in [0.25, 0.3) is 0 Å². The summed E-state index contributed by atoms with van der Waals surface area (Å²) in [6.45, 7) is 1.79. The van der Waals surface area contributed by atoms with E-state index in [-0.39, 0.29) is 5.91 Å². The molecular formula is C23H23N3O2. The quantitative estimate of drug-likeness (QED) is 0.752. The number of carbonyl (C=O) groups excluding carboxylic acids is 1. The molecule has 2 aliphatic rings. The van der Waals surface area contributed by atoms with Gasteiger partial charge in [-0.1, -0.05) is 24.3 Å². The largest absolute Gasteiger partial charge is 0.493 e. The molecule has 3 aromatic rings. The molecule has 3 heterocycles. The second kappa shape index (κ2) is 7.15. The molecule has 1 N–H and O–H groups in total. The standard InChI is InChI=1S/C23H23N3O2/c27-23(14-16-4-9-21-18(13-16)10-12-28-21)24-19-7-5-17(6-8-19)20-15-26-11-2-1-3-22(26)25-20/h4-9,13,15H,1-3,10-12,14H2,(H,24,27). The van der Waals surface area contributed by atoms with Crippen LogP contribution in [0.4, 0.5) is 5.69 Å². The molecule has 2 aromatic carbocycles. The Morgan fingerprint density at radius 1 is 1.11 bits per heavy atom. The lowest BCUT2D eigenvalue weighted by Gasteiger charge is -2.11. The summed E-state index contributed by atoms with van der Waals surface area (Å²) in [4.78, 5) is 17.2. The Bertz CT molecular complexity index is 997. The van der Waals surface area contributed by atoms with Crippen LogP contribution in [0.25, 0.3) is 11.3 Å². The van der Waals surface area contributed by atoms with E-state index in [0.717, 1.165) is 54.3 Å². The number of hydrogen-bond acceptors (Lipinski definition) is 3. The monoisotopic (exact) mass is 373 g/mol. The first-order valence-corrected chi connectivity index (χ1v) is 9.95. The van der Waals surface area contributed by atoms with Crippen molar-refractivity contribution in [1.82, 2.24) is 9.55 Å². The number of ether oxygens (including phenoxy) is 1. The van der Waals surface area contributed by atoms with Crippen LogP contribution in [0.2, 0.25) is 0 Å². The third kappa shape index (κ3) is 3.40. The molecule has 0 saturated carbocycles. The van der Waals surface area contributed by atoms with Crippen molar-refractivity contribution in [1.29, 1.82) is 0 Å². The molecule has 0 bridgehead atoms. The molecule has 1 aromatic heterocycles. The van der Waals surface area contributed by atoms with Gasteiger partial charge in [0.1, 0.15) is 11.6 Å². The summed E-state index contributed by atoms with van der Waals surface area (Å²) < 4.78 is 7.78. The zero-order chi connectivity index (χ0) is 18.9. The topological polar surface area (TPSA) is 56.1 Å². The Morgan fingerprint density at radius 2 is 2.00 bits per heavy atom. The normalized spacial score (nSPS) is 14.9. The molecule has 0 spiro atoms. The summed E-state index contributed by atoms with van der Waals surface area (Å²) in [5, 5.41) is 2.99. The number of fused-ring (bicyclic) bond motifs is 2. The van der Waals surface area contributed by atoms with E-state index < -0.39 is 0 Å². The maximum Gasteiger partial charge on any atom is 0.228 e. The van der Waals surface area contributed by atoms with E-state index in [1.54, 1.807) is 0 Å². The maximum absolute atomic E-state index is 12.4. The van der Waals surface area contributed by atoms with E-state index in [4.69, 9.17) is 9.72 Å². The highest BCUT2D eigenvalue weighted by Crippen LogP contribution is 2.27. The van der Waals surface area contributed by atoms with Crippen molar-refractivity contribution >= 4 is 11.6 Å². The van der Waals surface area contributed by atoms with Crippen LogP contribution in [0.15, 0.2) is 48.7 Å². The maximum atomic E-state index is 12.4. The van der Waals surface area contributed by atoms with Crippen molar-refractivity contribution in [3.63, 3.8) is 0 Å². The highest BCUT2D eigenvalue weighted by molar-refractivity contribution is 5.92. The lowest BCUT2D eigenvalue weighted by Crippen LogP contribution is -2.14. The smallest absolute Gasteiger partial charge is 0.228 e. The van der Waals surface area contributed by atoms with Crippen LogP contribution in [-0.4, -0.2) is 22.1 Å². The number of amides is 1. The fourth-order valence-corrected chi connectivity index (χ4v) is 4.02. The van der Waals surface area contributed by atoms with Crippen LogP contribution in [0, 0.1) is 0 Å². The molecule has 5 nitrogen and oxygen atoms in total. The van der Waals surface area contributed by atoms with Crippen molar-refractivity contribution in [2.75, 3.05) is 11.9 Å². The SMILES string of the molecule is O=C(Cc1ccc2c(c1)CCO2)Nc1ccc(-c2cn3c(n2)CCCC3)cc1. The minimum absolute atomic E-state index is 0.0101. The Morgan fingerprint density at radius 3 is 2.86 bits per heavy atom. The second-order valence-electron chi connectivity index (χ2n) is 7.54. The van der Waals surface area contributed by atoms with Gasteiger partial charge in [0, 0.05) is 36.8 Å². The summed E-state index contributed by atoms with van der Waals surface area (Å²) in [6.07, 6.45) is 6.93. The number of aryl methyl sites for hydroxylation is 2. The van der Waals surface area contributed by atoms with Gasteiger partial charge in [-0.25, -0.2) is 4.98 Å². The van der Waals surface area contributed by atoms with E-state index >= 15 is 0 Å². The van der Waals surface area contributed by atoms with Crippen LogP contribution in [-0.2, 0) is 30.6 Å². The number of carbonyl (C=O) groups is 1. The Labute approximate surface area is 164 Å². The molecule has 0 aliphatic carbocycles. The molecule has 5 heteroatoms.